The quantitative estimate of drug-likeness (QED) is 0.836. The van der Waals surface area contributed by atoms with Gasteiger partial charge in [0.1, 0.15) is 11.4 Å². The van der Waals surface area contributed by atoms with Gasteiger partial charge in [-0.25, -0.2) is 4.79 Å². The standard InChI is InChI=1S/C15H21NO6S/c1-15(2,3)22-14(17)16-12(10-21-23(16,18)19)9-11-5-7-13(20-4)8-6-11/h5-8,12H,9-10H2,1-4H3/t12-/m0/s1. The van der Waals surface area contributed by atoms with Gasteiger partial charge in [0, 0.05) is 0 Å². The summed E-state index contributed by atoms with van der Waals surface area (Å²) in [4.78, 5) is 12.2. The van der Waals surface area contributed by atoms with Crippen molar-refractivity contribution in [3.63, 3.8) is 0 Å². The predicted octanol–water partition coefficient (Wildman–Crippen LogP) is 2.12. The van der Waals surface area contributed by atoms with Gasteiger partial charge in [-0.2, -0.15) is 12.7 Å². The molecule has 0 aliphatic carbocycles. The van der Waals surface area contributed by atoms with E-state index < -0.39 is 28.0 Å². The SMILES string of the molecule is COc1ccc(C[C@H]2COS(=O)(=O)N2C(=O)OC(C)(C)C)cc1. The van der Waals surface area contributed by atoms with Crippen LogP contribution in [0.2, 0.25) is 0 Å². The minimum atomic E-state index is -4.11. The Morgan fingerprint density at radius 3 is 2.43 bits per heavy atom. The smallest absolute Gasteiger partial charge is 0.426 e. The summed E-state index contributed by atoms with van der Waals surface area (Å²) < 4.78 is 39.7. The first kappa shape index (κ1) is 17.6. The lowest BCUT2D eigenvalue weighted by molar-refractivity contribution is 0.0357. The van der Waals surface area contributed by atoms with Gasteiger partial charge in [-0.1, -0.05) is 12.1 Å². The lowest BCUT2D eigenvalue weighted by Crippen LogP contribution is -2.43. The molecule has 1 fully saturated rings. The van der Waals surface area contributed by atoms with E-state index in [2.05, 4.69) is 0 Å². The summed E-state index contributed by atoms with van der Waals surface area (Å²) in [7, 11) is -2.54. The second-order valence-electron chi connectivity index (χ2n) is 6.22. The van der Waals surface area contributed by atoms with Gasteiger partial charge in [0.15, 0.2) is 0 Å². The van der Waals surface area contributed by atoms with Crippen molar-refractivity contribution < 1.29 is 26.9 Å². The van der Waals surface area contributed by atoms with Crippen molar-refractivity contribution >= 4 is 16.4 Å². The summed E-state index contributed by atoms with van der Waals surface area (Å²) in [6.07, 6.45) is -0.587. The summed E-state index contributed by atoms with van der Waals surface area (Å²) in [6.45, 7) is 4.93. The van der Waals surface area contributed by atoms with Crippen molar-refractivity contribution in [2.24, 2.45) is 0 Å². The molecule has 0 spiro atoms. The van der Waals surface area contributed by atoms with Crippen LogP contribution in [0.25, 0.3) is 0 Å². The molecule has 0 saturated carbocycles. The van der Waals surface area contributed by atoms with Crippen LogP contribution in [0.15, 0.2) is 24.3 Å². The van der Waals surface area contributed by atoms with Crippen LogP contribution in [-0.4, -0.2) is 44.2 Å². The summed E-state index contributed by atoms with van der Waals surface area (Å²) in [5.41, 5.74) is 0.0740. The highest BCUT2D eigenvalue weighted by Gasteiger charge is 2.44. The van der Waals surface area contributed by atoms with Crippen LogP contribution in [-0.2, 0) is 25.6 Å². The molecule has 0 bridgehead atoms. The molecule has 1 aromatic rings. The summed E-state index contributed by atoms with van der Waals surface area (Å²) in [5.74, 6) is 0.702. The number of carbonyl (C=O) groups excluding carboxylic acids is 1. The number of hydrogen-bond acceptors (Lipinski definition) is 6. The van der Waals surface area contributed by atoms with E-state index in [0.29, 0.717) is 16.5 Å². The molecule has 1 heterocycles. The fraction of sp³-hybridized carbons (Fsp3) is 0.533. The van der Waals surface area contributed by atoms with E-state index in [4.69, 9.17) is 13.7 Å². The lowest BCUT2D eigenvalue weighted by atomic mass is 10.1. The number of benzene rings is 1. The number of hydrogen-bond donors (Lipinski definition) is 0. The molecule has 1 saturated heterocycles. The van der Waals surface area contributed by atoms with Crippen LogP contribution in [0.5, 0.6) is 5.75 Å². The van der Waals surface area contributed by atoms with Gasteiger partial charge in [-0.3, -0.25) is 4.18 Å². The number of amides is 1. The van der Waals surface area contributed by atoms with Crippen molar-refractivity contribution in [2.45, 2.75) is 38.8 Å². The molecule has 23 heavy (non-hydrogen) atoms. The average Bonchev–Trinajstić information content (AvgIpc) is 2.72. The Morgan fingerprint density at radius 2 is 1.91 bits per heavy atom. The molecule has 1 amide bonds. The highest BCUT2D eigenvalue weighted by Crippen LogP contribution is 2.25. The third-order valence-electron chi connectivity index (χ3n) is 3.19. The summed E-state index contributed by atoms with van der Waals surface area (Å²) >= 11 is 0. The molecular formula is C15H21NO6S. The molecule has 1 aliphatic rings. The van der Waals surface area contributed by atoms with Crippen LogP contribution < -0.4 is 4.74 Å². The van der Waals surface area contributed by atoms with Crippen molar-refractivity contribution in [3.05, 3.63) is 29.8 Å². The highest BCUT2D eigenvalue weighted by molar-refractivity contribution is 7.85. The van der Waals surface area contributed by atoms with Gasteiger partial charge in [0.05, 0.1) is 19.8 Å². The minimum absolute atomic E-state index is 0.0897. The molecule has 1 atom stereocenters. The molecule has 7 nitrogen and oxygen atoms in total. The van der Waals surface area contributed by atoms with Gasteiger partial charge in [-0.05, 0) is 44.9 Å². The van der Waals surface area contributed by atoms with Gasteiger partial charge in [0.2, 0.25) is 0 Å². The van der Waals surface area contributed by atoms with Crippen molar-refractivity contribution in [3.8, 4) is 5.75 Å². The van der Waals surface area contributed by atoms with Crippen molar-refractivity contribution in [1.29, 1.82) is 0 Å². The zero-order chi connectivity index (χ0) is 17.3. The normalized spacial score (nSPS) is 20.3. The maximum absolute atomic E-state index is 12.2. The minimum Gasteiger partial charge on any atom is -0.497 e. The topological polar surface area (TPSA) is 82.1 Å². The first-order valence-electron chi connectivity index (χ1n) is 7.17. The van der Waals surface area contributed by atoms with Gasteiger partial charge in [0.25, 0.3) is 0 Å². The Morgan fingerprint density at radius 1 is 1.30 bits per heavy atom. The largest absolute Gasteiger partial charge is 0.497 e. The molecule has 1 aromatic carbocycles. The van der Waals surface area contributed by atoms with Crippen LogP contribution in [0.1, 0.15) is 26.3 Å². The lowest BCUT2D eigenvalue weighted by Gasteiger charge is -2.25. The van der Waals surface area contributed by atoms with Crippen LogP contribution in [0.3, 0.4) is 0 Å². The Bertz CT molecular complexity index is 662. The fourth-order valence-corrected chi connectivity index (χ4v) is 3.36. The van der Waals surface area contributed by atoms with E-state index in [9.17, 15) is 13.2 Å². The van der Waals surface area contributed by atoms with E-state index in [1.54, 1.807) is 40.0 Å². The molecule has 1 aliphatic heterocycles. The van der Waals surface area contributed by atoms with Crippen molar-refractivity contribution in [1.82, 2.24) is 4.31 Å². The molecule has 0 unspecified atom stereocenters. The number of ether oxygens (including phenoxy) is 2. The Labute approximate surface area is 136 Å². The third kappa shape index (κ3) is 4.35. The number of rotatable bonds is 3. The van der Waals surface area contributed by atoms with E-state index in [0.717, 1.165) is 5.56 Å². The number of carbonyl (C=O) groups is 1. The molecule has 0 aromatic heterocycles. The highest BCUT2D eigenvalue weighted by atomic mass is 32.2. The first-order chi connectivity index (χ1) is 10.6. The monoisotopic (exact) mass is 343 g/mol. The van der Waals surface area contributed by atoms with Gasteiger partial charge >= 0.3 is 16.4 Å². The van der Waals surface area contributed by atoms with E-state index in [1.807, 2.05) is 12.1 Å². The Kier molecular flexibility index (Phi) is 4.86. The molecule has 0 N–H and O–H groups in total. The Hall–Kier alpha value is -1.80. The van der Waals surface area contributed by atoms with E-state index in [-0.39, 0.29) is 6.61 Å². The molecule has 128 valence electrons. The second-order valence-corrected chi connectivity index (χ2v) is 7.71. The number of methoxy groups -OCH3 is 1. The summed E-state index contributed by atoms with van der Waals surface area (Å²) in [6, 6.07) is 6.55. The maximum Gasteiger partial charge on any atom is 0.426 e. The molecule has 2 rings (SSSR count). The molecule has 0 radical (unpaired) electrons. The van der Waals surface area contributed by atoms with Crippen LogP contribution in [0, 0.1) is 0 Å². The Balaban J connectivity index is 2.17. The predicted molar refractivity (Wildman–Crippen MR) is 83.4 cm³/mol. The summed E-state index contributed by atoms with van der Waals surface area (Å²) in [5, 5.41) is 0. The van der Waals surface area contributed by atoms with E-state index in [1.165, 1.54) is 0 Å². The number of nitrogens with zero attached hydrogens (tertiary/aromatic N) is 1. The van der Waals surface area contributed by atoms with Crippen LogP contribution >= 0.6 is 0 Å². The molecule has 8 heteroatoms. The third-order valence-corrected chi connectivity index (χ3v) is 4.55. The maximum atomic E-state index is 12.2. The van der Waals surface area contributed by atoms with Gasteiger partial charge in [-0.15, -0.1) is 0 Å². The van der Waals surface area contributed by atoms with Crippen LogP contribution in [0.4, 0.5) is 4.79 Å². The van der Waals surface area contributed by atoms with Crippen molar-refractivity contribution in [2.75, 3.05) is 13.7 Å². The zero-order valence-electron chi connectivity index (χ0n) is 13.6. The first-order valence-corrected chi connectivity index (χ1v) is 8.53. The zero-order valence-corrected chi connectivity index (χ0v) is 14.4. The second kappa shape index (κ2) is 6.37. The fourth-order valence-electron chi connectivity index (χ4n) is 2.19. The average molecular weight is 343 g/mol. The molecular weight excluding hydrogens is 322 g/mol. The van der Waals surface area contributed by atoms with E-state index >= 15 is 0 Å². The van der Waals surface area contributed by atoms with Gasteiger partial charge < -0.3 is 9.47 Å².